The number of hydrogen-bond donors (Lipinski definition) is 1. The molecule has 0 spiro atoms. The van der Waals surface area contributed by atoms with Crippen LogP contribution in [-0.2, 0) is 23.3 Å². The highest BCUT2D eigenvalue weighted by molar-refractivity contribution is 7.90. The fraction of sp³-hybridized carbons (Fsp3) is 0.400. The Morgan fingerprint density at radius 3 is 2.35 bits per heavy atom. The number of halogens is 3. The van der Waals surface area contributed by atoms with Gasteiger partial charge >= 0.3 is 10.2 Å². The molecule has 0 bridgehead atoms. The first-order valence-electron chi connectivity index (χ1n) is 7.82. The number of hydrogen-bond acceptors (Lipinski definition) is 3. The van der Waals surface area contributed by atoms with Gasteiger partial charge in [0.15, 0.2) is 0 Å². The van der Waals surface area contributed by atoms with Crippen molar-refractivity contribution in [3.05, 3.63) is 38.5 Å². The third-order valence-electron chi connectivity index (χ3n) is 4.21. The molecular weight excluding hydrogens is 406 g/mol. The van der Waals surface area contributed by atoms with E-state index in [0.717, 1.165) is 23.2 Å². The number of benzene rings is 1. The summed E-state index contributed by atoms with van der Waals surface area (Å²) in [4.78, 5) is 12.7. The Bertz CT molecular complexity index is 1030. The van der Waals surface area contributed by atoms with Crippen LogP contribution in [0.3, 0.4) is 0 Å². The van der Waals surface area contributed by atoms with Crippen LogP contribution < -0.4 is 10.3 Å². The standard InChI is InChI=1S/C15H17Cl2FN4O3S/c1-20(2)26(24,25)19-12-7-9(11(18)8-10(12)16)13-14(17)21-5-3-4-6-22(21)15(13)23/h7-8,19H,3-6H2,1-2H3. The number of rotatable bonds is 4. The average Bonchev–Trinajstić information content (AvgIpc) is 2.82. The molecule has 0 atom stereocenters. The highest BCUT2D eigenvalue weighted by atomic mass is 35.5. The molecule has 3 rings (SSSR count). The van der Waals surface area contributed by atoms with Gasteiger partial charge in [-0.2, -0.15) is 12.7 Å². The normalized spacial score (nSPS) is 14.5. The van der Waals surface area contributed by atoms with E-state index in [0.29, 0.717) is 13.1 Å². The Morgan fingerprint density at radius 1 is 1.15 bits per heavy atom. The van der Waals surface area contributed by atoms with Crippen LogP contribution in [0.2, 0.25) is 10.2 Å². The number of nitrogens with zero attached hydrogens (tertiary/aromatic N) is 3. The van der Waals surface area contributed by atoms with Crippen molar-refractivity contribution in [1.29, 1.82) is 0 Å². The van der Waals surface area contributed by atoms with Gasteiger partial charge in [0.05, 0.1) is 16.3 Å². The number of fused-ring (bicyclic) bond motifs is 1. The summed E-state index contributed by atoms with van der Waals surface area (Å²) >= 11 is 12.3. The van der Waals surface area contributed by atoms with Crippen molar-refractivity contribution < 1.29 is 12.8 Å². The Hall–Kier alpha value is -1.55. The van der Waals surface area contributed by atoms with Gasteiger partial charge < -0.3 is 0 Å². The van der Waals surface area contributed by atoms with Gasteiger partial charge in [0, 0.05) is 32.7 Å². The Labute approximate surface area is 160 Å². The summed E-state index contributed by atoms with van der Waals surface area (Å²) in [6.07, 6.45) is 1.70. The minimum Gasteiger partial charge on any atom is -0.271 e. The first-order chi connectivity index (χ1) is 12.1. The van der Waals surface area contributed by atoms with Gasteiger partial charge in [0.1, 0.15) is 11.0 Å². The van der Waals surface area contributed by atoms with Gasteiger partial charge in [-0.05, 0) is 25.0 Å². The predicted octanol–water partition coefficient (Wildman–Crippen LogP) is 2.77. The van der Waals surface area contributed by atoms with E-state index in [1.54, 1.807) is 4.68 Å². The lowest BCUT2D eigenvalue weighted by Crippen LogP contribution is -2.29. The van der Waals surface area contributed by atoms with Crippen LogP contribution >= 0.6 is 23.2 Å². The monoisotopic (exact) mass is 422 g/mol. The van der Waals surface area contributed by atoms with E-state index < -0.39 is 21.6 Å². The number of aromatic nitrogens is 2. The van der Waals surface area contributed by atoms with Gasteiger partial charge in [-0.15, -0.1) is 0 Å². The van der Waals surface area contributed by atoms with Gasteiger partial charge in [0.25, 0.3) is 5.56 Å². The lowest BCUT2D eigenvalue weighted by atomic mass is 10.1. The summed E-state index contributed by atoms with van der Waals surface area (Å²) < 4.78 is 44.9. The summed E-state index contributed by atoms with van der Waals surface area (Å²) in [7, 11) is -1.17. The molecular formula is C15H17Cl2FN4O3S. The van der Waals surface area contributed by atoms with Crippen LogP contribution in [0.15, 0.2) is 16.9 Å². The van der Waals surface area contributed by atoms with Crippen LogP contribution in [0.1, 0.15) is 12.8 Å². The van der Waals surface area contributed by atoms with Crippen molar-refractivity contribution in [2.75, 3.05) is 18.8 Å². The zero-order valence-electron chi connectivity index (χ0n) is 14.1. The van der Waals surface area contributed by atoms with Crippen LogP contribution in [0, 0.1) is 5.82 Å². The van der Waals surface area contributed by atoms with Crippen molar-refractivity contribution in [2.45, 2.75) is 25.9 Å². The molecule has 0 radical (unpaired) electrons. The molecule has 2 aromatic rings. The van der Waals surface area contributed by atoms with Crippen molar-refractivity contribution in [1.82, 2.24) is 13.7 Å². The summed E-state index contributed by atoms with van der Waals surface area (Å²) in [6, 6.07) is 2.15. The maximum Gasteiger partial charge on any atom is 0.301 e. The zero-order chi connectivity index (χ0) is 19.2. The molecule has 0 saturated heterocycles. The molecule has 1 aromatic heterocycles. The maximum atomic E-state index is 14.5. The van der Waals surface area contributed by atoms with E-state index in [2.05, 4.69) is 4.72 Å². The predicted molar refractivity (Wildman–Crippen MR) is 99.6 cm³/mol. The molecule has 1 aliphatic rings. The van der Waals surface area contributed by atoms with E-state index in [4.69, 9.17) is 23.2 Å². The lowest BCUT2D eigenvalue weighted by Gasteiger charge is -2.17. The Morgan fingerprint density at radius 2 is 1.77 bits per heavy atom. The van der Waals surface area contributed by atoms with E-state index in [1.165, 1.54) is 24.8 Å². The molecule has 11 heteroatoms. The van der Waals surface area contributed by atoms with Crippen molar-refractivity contribution >= 4 is 39.1 Å². The second-order valence-corrected chi connectivity index (χ2v) is 8.78. The largest absolute Gasteiger partial charge is 0.301 e. The minimum absolute atomic E-state index is 0.00645. The molecule has 0 aliphatic carbocycles. The fourth-order valence-corrected chi connectivity index (χ4v) is 4.04. The van der Waals surface area contributed by atoms with E-state index >= 15 is 0 Å². The Balaban J connectivity index is 2.17. The summed E-state index contributed by atoms with van der Waals surface area (Å²) in [5, 5.41) is -0.00536. The van der Waals surface area contributed by atoms with Crippen LogP contribution in [0.25, 0.3) is 11.1 Å². The molecule has 26 heavy (non-hydrogen) atoms. The van der Waals surface area contributed by atoms with Gasteiger partial charge in [-0.25, -0.2) is 9.07 Å². The number of nitrogens with one attached hydrogen (secondary N) is 1. The summed E-state index contributed by atoms with van der Waals surface area (Å²) in [5.74, 6) is -0.759. The SMILES string of the molecule is CN(C)S(=O)(=O)Nc1cc(-c2c(Cl)n3n(c2=O)CCCC3)c(F)cc1Cl. The zero-order valence-corrected chi connectivity index (χ0v) is 16.4. The maximum absolute atomic E-state index is 14.5. The van der Waals surface area contributed by atoms with Gasteiger partial charge in [-0.1, -0.05) is 23.2 Å². The summed E-state index contributed by atoms with van der Waals surface area (Å²) in [6.45, 7) is 1.05. The average molecular weight is 423 g/mol. The van der Waals surface area contributed by atoms with E-state index in [1.807, 2.05) is 0 Å². The van der Waals surface area contributed by atoms with Crippen LogP contribution in [-0.4, -0.2) is 36.2 Å². The van der Waals surface area contributed by atoms with Crippen molar-refractivity contribution in [3.63, 3.8) is 0 Å². The summed E-state index contributed by atoms with van der Waals surface area (Å²) in [5.41, 5.74) is -0.568. The molecule has 2 heterocycles. The molecule has 0 saturated carbocycles. The third kappa shape index (κ3) is 3.24. The van der Waals surface area contributed by atoms with Crippen LogP contribution in [0.4, 0.5) is 10.1 Å². The molecule has 1 N–H and O–H groups in total. The Kier molecular flexibility index (Phi) is 5.08. The first-order valence-corrected chi connectivity index (χ1v) is 10.0. The topological polar surface area (TPSA) is 76.3 Å². The first kappa shape index (κ1) is 19.2. The third-order valence-corrected chi connectivity index (χ3v) is 6.34. The quantitative estimate of drug-likeness (QED) is 0.822. The van der Waals surface area contributed by atoms with Gasteiger partial charge in [0.2, 0.25) is 0 Å². The van der Waals surface area contributed by atoms with Gasteiger partial charge in [-0.3, -0.25) is 14.2 Å². The van der Waals surface area contributed by atoms with E-state index in [-0.39, 0.29) is 27.0 Å². The van der Waals surface area contributed by atoms with Crippen molar-refractivity contribution in [2.24, 2.45) is 0 Å². The second kappa shape index (κ2) is 6.88. The highest BCUT2D eigenvalue weighted by Crippen LogP contribution is 2.35. The molecule has 0 fully saturated rings. The fourth-order valence-electron chi connectivity index (χ4n) is 2.80. The molecule has 1 aromatic carbocycles. The van der Waals surface area contributed by atoms with Crippen LogP contribution in [0.5, 0.6) is 0 Å². The smallest absolute Gasteiger partial charge is 0.271 e. The molecule has 0 unspecified atom stereocenters. The minimum atomic E-state index is -3.85. The molecule has 1 aliphatic heterocycles. The second-order valence-electron chi connectivity index (χ2n) is 6.13. The lowest BCUT2D eigenvalue weighted by molar-refractivity contribution is 0.356. The number of anilines is 1. The molecule has 7 nitrogen and oxygen atoms in total. The van der Waals surface area contributed by atoms with Crippen molar-refractivity contribution in [3.8, 4) is 11.1 Å². The molecule has 142 valence electrons. The highest BCUT2D eigenvalue weighted by Gasteiger charge is 2.25. The van der Waals surface area contributed by atoms with E-state index in [9.17, 15) is 17.6 Å². The molecule has 0 amide bonds.